The van der Waals surface area contributed by atoms with Crippen LogP contribution in [0.25, 0.3) is 5.65 Å². The van der Waals surface area contributed by atoms with E-state index < -0.39 is 18.0 Å². The van der Waals surface area contributed by atoms with Gasteiger partial charge in [0.05, 0.1) is 7.11 Å². The van der Waals surface area contributed by atoms with Gasteiger partial charge in [-0.25, -0.2) is 14.3 Å². The van der Waals surface area contributed by atoms with Crippen LogP contribution >= 0.6 is 0 Å². The molecule has 0 aliphatic rings. The summed E-state index contributed by atoms with van der Waals surface area (Å²) in [5.74, 6) is -2.08. The highest BCUT2D eigenvalue weighted by molar-refractivity contribution is 5.88. The zero-order chi connectivity index (χ0) is 12.6. The number of esters is 1. The van der Waals surface area contributed by atoms with Gasteiger partial charge in [-0.05, 0) is 12.1 Å². The van der Waals surface area contributed by atoms with E-state index in [0.717, 1.165) is 11.6 Å². The third-order valence-electron chi connectivity index (χ3n) is 2.01. The van der Waals surface area contributed by atoms with Crippen molar-refractivity contribution < 1.29 is 22.7 Å². The third-order valence-corrected chi connectivity index (χ3v) is 2.01. The fourth-order valence-electron chi connectivity index (χ4n) is 1.28. The molecule has 8 heteroatoms. The fraction of sp³-hybridized carbons (Fsp3) is 0.222. The molecule has 0 amide bonds. The molecule has 0 saturated heterocycles. The molecule has 0 atom stereocenters. The molecule has 0 N–H and O–H groups in total. The van der Waals surface area contributed by atoms with Crippen molar-refractivity contribution in [1.29, 1.82) is 0 Å². The van der Waals surface area contributed by atoms with Crippen molar-refractivity contribution in [2.75, 3.05) is 7.11 Å². The number of hydrogen-bond acceptors (Lipinski definition) is 4. The van der Waals surface area contributed by atoms with Crippen LogP contribution in [0, 0.1) is 0 Å². The summed E-state index contributed by atoms with van der Waals surface area (Å²) in [5.41, 5.74) is -0.187. The van der Waals surface area contributed by atoms with Crippen molar-refractivity contribution in [2.24, 2.45) is 0 Å². The minimum absolute atomic E-state index is 0.0692. The predicted molar refractivity (Wildman–Crippen MR) is 49.3 cm³/mol. The van der Waals surface area contributed by atoms with Crippen molar-refractivity contribution in [3.8, 4) is 0 Å². The number of carbonyl (C=O) groups is 1. The Kier molecular flexibility index (Phi) is 2.49. The Morgan fingerprint density at radius 3 is 2.71 bits per heavy atom. The Balaban J connectivity index is 2.65. The molecule has 0 aromatic carbocycles. The number of alkyl halides is 3. The van der Waals surface area contributed by atoms with E-state index in [1.54, 1.807) is 0 Å². The SMILES string of the molecule is COC(=O)c1cccc2nc(C(F)(F)F)nn12. The minimum atomic E-state index is -4.65. The van der Waals surface area contributed by atoms with Crippen LogP contribution in [0.3, 0.4) is 0 Å². The number of hydrogen-bond donors (Lipinski definition) is 0. The average Bonchev–Trinajstić information content (AvgIpc) is 2.71. The fourth-order valence-corrected chi connectivity index (χ4v) is 1.28. The quantitative estimate of drug-likeness (QED) is 0.715. The van der Waals surface area contributed by atoms with Crippen molar-refractivity contribution in [3.05, 3.63) is 29.7 Å². The van der Waals surface area contributed by atoms with Crippen molar-refractivity contribution in [3.63, 3.8) is 0 Å². The molecule has 2 aromatic rings. The maximum absolute atomic E-state index is 12.4. The van der Waals surface area contributed by atoms with Gasteiger partial charge in [0.1, 0.15) is 0 Å². The van der Waals surface area contributed by atoms with Gasteiger partial charge in [-0.15, -0.1) is 5.10 Å². The van der Waals surface area contributed by atoms with Gasteiger partial charge in [0.25, 0.3) is 5.82 Å². The molecule has 2 heterocycles. The number of carbonyl (C=O) groups excluding carboxylic acids is 1. The Morgan fingerprint density at radius 1 is 1.41 bits per heavy atom. The lowest BCUT2D eigenvalue weighted by Gasteiger charge is -2.00. The molecule has 5 nitrogen and oxygen atoms in total. The zero-order valence-corrected chi connectivity index (χ0v) is 8.52. The van der Waals surface area contributed by atoms with Crippen LogP contribution in [0.1, 0.15) is 16.3 Å². The summed E-state index contributed by atoms with van der Waals surface area (Å²) in [5, 5.41) is 3.23. The maximum Gasteiger partial charge on any atom is 0.453 e. The van der Waals surface area contributed by atoms with Crippen LogP contribution in [0.5, 0.6) is 0 Å². The maximum atomic E-state index is 12.4. The van der Waals surface area contributed by atoms with Crippen LogP contribution in [-0.2, 0) is 10.9 Å². The van der Waals surface area contributed by atoms with Crippen molar-refractivity contribution >= 4 is 11.6 Å². The first kappa shape index (κ1) is 11.4. The first-order valence-corrected chi connectivity index (χ1v) is 4.45. The van der Waals surface area contributed by atoms with Crippen LogP contribution in [0.15, 0.2) is 18.2 Å². The predicted octanol–water partition coefficient (Wildman–Crippen LogP) is 1.53. The van der Waals surface area contributed by atoms with Gasteiger partial charge >= 0.3 is 12.1 Å². The van der Waals surface area contributed by atoms with E-state index in [9.17, 15) is 18.0 Å². The number of aromatic nitrogens is 3. The molecule has 2 rings (SSSR count). The summed E-state index contributed by atoms with van der Waals surface area (Å²) in [6.45, 7) is 0. The van der Waals surface area contributed by atoms with Crippen molar-refractivity contribution in [2.45, 2.75) is 6.18 Å². The second-order valence-electron chi connectivity index (χ2n) is 3.11. The largest absolute Gasteiger partial charge is 0.464 e. The van der Waals surface area contributed by atoms with E-state index in [1.165, 1.54) is 18.2 Å². The van der Waals surface area contributed by atoms with E-state index >= 15 is 0 Å². The number of nitrogens with zero attached hydrogens (tertiary/aromatic N) is 3. The number of ether oxygens (including phenoxy) is 1. The Morgan fingerprint density at radius 2 is 2.12 bits per heavy atom. The van der Waals surface area contributed by atoms with E-state index in [0.29, 0.717) is 0 Å². The monoisotopic (exact) mass is 245 g/mol. The van der Waals surface area contributed by atoms with Gasteiger partial charge in [-0.3, -0.25) is 0 Å². The average molecular weight is 245 g/mol. The second-order valence-corrected chi connectivity index (χ2v) is 3.11. The second kappa shape index (κ2) is 3.72. The summed E-state index contributed by atoms with van der Waals surface area (Å²) >= 11 is 0. The molecular weight excluding hydrogens is 239 g/mol. The molecule has 0 fully saturated rings. The molecule has 17 heavy (non-hydrogen) atoms. The number of pyridine rings is 1. The number of halogens is 3. The third kappa shape index (κ3) is 1.93. The lowest BCUT2D eigenvalue weighted by molar-refractivity contribution is -0.144. The molecular formula is C9H6F3N3O2. The molecule has 0 saturated carbocycles. The van der Waals surface area contributed by atoms with Gasteiger partial charge < -0.3 is 4.74 Å². The van der Waals surface area contributed by atoms with Crippen LogP contribution in [0.2, 0.25) is 0 Å². The zero-order valence-electron chi connectivity index (χ0n) is 8.52. The highest BCUT2D eigenvalue weighted by atomic mass is 19.4. The Hall–Kier alpha value is -2.12. The van der Waals surface area contributed by atoms with Gasteiger partial charge in [0.15, 0.2) is 11.3 Å². The molecule has 0 aliphatic heterocycles. The van der Waals surface area contributed by atoms with Crippen molar-refractivity contribution in [1.82, 2.24) is 14.6 Å². The van der Waals surface area contributed by atoms with E-state index in [-0.39, 0.29) is 11.3 Å². The Bertz CT molecular complexity index is 576. The lowest BCUT2D eigenvalue weighted by atomic mass is 10.3. The topological polar surface area (TPSA) is 56.5 Å². The molecule has 2 aromatic heterocycles. The summed E-state index contributed by atoms with van der Waals surface area (Å²) in [6.07, 6.45) is -4.65. The molecule has 0 bridgehead atoms. The smallest absolute Gasteiger partial charge is 0.453 e. The van der Waals surface area contributed by atoms with Crippen LogP contribution in [-0.4, -0.2) is 27.7 Å². The highest BCUT2D eigenvalue weighted by Gasteiger charge is 2.36. The highest BCUT2D eigenvalue weighted by Crippen LogP contribution is 2.26. The van der Waals surface area contributed by atoms with E-state index in [4.69, 9.17) is 0 Å². The van der Waals surface area contributed by atoms with E-state index in [1.807, 2.05) is 0 Å². The van der Waals surface area contributed by atoms with Gasteiger partial charge in [0.2, 0.25) is 0 Å². The summed E-state index contributed by atoms with van der Waals surface area (Å²) in [6, 6.07) is 4.01. The molecule has 0 unspecified atom stereocenters. The number of fused-ring (bicyclic) bond motifs is 1. The van der Waals surface area contributed by atoms with Gasteiger partial charge in [-0.2, -0.15) is 13.2 Å². The van der Waals surface area contributed by atoms with Gasteiger partial charge in [0, 0.05) is 0 Å². The molecule has 90 valence electrons. The van der Waals surface area contributed by atoms with Crippen LogP contribution in [0.4, 0.5) is 13.2 Å². The number of methoxy groups -OCH3 is 1. The normalized spacial score (nSPS) is 11.8. The Labute approximate surface area is 92.8 Å². The van der Waals surface area contributed by atoms with E-state index in [2.05, 4.69) is 14.8 Å². The summed E-state index contributed by atoms with van der Waals surface area (Å²) < 4.78 is 42.4. The summed E-state index contributed by atoms with van der Waals surface area (Å²) in [4.78, 5) is 14.6. The minimum Gasteiger partial charge on any atom is -0.464 e. The molecule has 0 aliphatic carbocycles. The molecule has 0 spiro atoms. The first-order chi connectivity index (χ1) is 7.93. The summed E-state index contributed by atoms with van der Waals surface area (Å²) in [7, 11) is 1.13. The lowest BCUT2D eigenvalue weighted by Crippen LogP contribution is -2.11. The van der Waals surface area contributed by atoms with Gasteiger partial charge in [-0.1, -0.05) is 6.07 Å². The molecule has 0 radical (unpaired) electrons. The standard InChI is InChI=1S/C9H6F3N3O2/c1-17-7(16)5-3-2-4-6-13-8(9(10,11)12)14-15(5)6/h2-4H,1H3. The number of rotatable bonds is 1. The first-order valence-electron chi connectivity index (χ1n) is 4.45. The van der Waals surface area contributed by atoms with Crippen LogP contribution < -0.4 is 0 Å².